The summed E-state index contributed by atoms with van der Waals surface area (Å²) >= 11 is 7.79. The molecular weight excluding hydrogens is 306 g/mol. The van der Waals surface area contributed by atoms with Gasteiger partial charge in [0.2, 0.25) is 5.28 Å². The molecule has 0 amide bonds. The number of nitrogens with one attached hydrogen (secondary N) is 1. The Kier molecular flexibility index (Phi) is 4.63. The zero-order valence-electron chi connectivity index (χ0n) is 11.5. The lowest BCUT2D eigenvalue weighted by molar-refractivity contribution is 0.299. The van der Waals surface area contributed by atoms with Gasteiger partial charge in [0.1, 0.15) is 5.82 Å². The number of aromatic nitrogens is 2. The molecule has 0 saturated heterocycles. The Morgan fingerprint density at radius 2 is 2.05 bits per heavy atom. The molecular formula is C15H16ClN3OS. The van der Waals surface area contributed by atoms with Gasteiger partial charge >= 0.3 is 0 Å². The first-order chi connectivity index (χ1) is 10.3. The zero-order valence-corrected chi connectivity index (χ0v) is 13.0. The van der Waals surface area contributed by atoms with Crippen LogP contribution in [0.2, 0.25) is 5.28 Å². The molecule has 0 spiro atoms. The van der Waals surface area contributed by atoms with Crippen LogP contribution < -0.4 is 5.32 Å². The second-order valence-electron chi connectivity index (χ2n) is 4.86. The van der Waals surface area contributed by atoms with Crippen molar-refractivity contribution in [1.29, 1.82) is 0 Å². The SMILES string of the molecule is OCCc1ccc(Nc2nc(Cl)nc3c2SCCC3)cc1. The van der Waals surface area contributed by atoms with Crippen LogP contribution in [0.1, 0.15) is 17.7 Å². The quantitative estimate of drug-likeness (QED) is 0.845. The Bertz CT molecular complexity index is 634. The topological polar surface area (TPSA) is 58.0 Å². The lowest BCUT2D eigenvalue weighted by Gasteiger charge is -2.18. The van der Waals surface area contributed by atoms with Crippen LogP contribution in [0.15, 0.2) is 29.2 Å². The van der Waals surface area contributed by atoms with E-state index < -0.39 is 0 Å². The number of aliphatic hydroxyl groups excluding tert-OH is 1. The van der Waals surface area contributed by atoms with Gasteiger partial charge in [0, 0.05) is 12.3 Å². The average Bonchev–Trinajstić information content (AvgIpc) is 2.49. The van der Waals surface area contributed by atoms with Crippen molar-refractivity contribution in [3.63, 3.8) is 0 Å². The molecule has 3 rings (SSSR count). The third-order valence-electron chi connectivity index (χ3n) is 3.33. The molecule has 0 bridgehead atoms. The molecule has 0 radical (unpaired) electrons. The third-order valence-corrected chi connectivity index (χ3v) is 4.71. The number of hydrogen-bond donors (Lipinski definition) is 2. The summed E-state index contributed by atoms with van der Waals surface area (Å²) in [5.74, 6) is 1.87. The fraction of sp³-hybridized carbons (Fsp3) is 0.333. The van der Waals surface area contributed by atoms with E-state index in [0.29, 0.717) is 6.42 Å². The molecule has 110 valence electrons. The van der Waals surface area contributed by atoms with Crippen molar-refractivity contribution < 1.29 is 5.11 Å². The monoisotopic (exact) mass is 321 g/mol. The summed E-state index contributed by atoms with van der Waals surface area (Å²) in [5.41, 5.74) is 3.10. The van der Waals surface area contributed by atoms with Gasteiger partial charge in [-0.05, 0) is 54.3 Å². The molecule has 4 nitrogen and oxygen atoms in total. The number of rotatable bonds is 4. The van der Waals surface area contributed by atoms with E-state index in [-0.39, 0.29) is 11.9 Å². The lowest BCUT2D eigenvalue weighted by atomic mass is 10.1. The highest BCUT2D eigenvalue weighted by atomic mass is 35.5. The Labute approximate surface area is 133 Å². The van der Waals surface area contributed by atoms with Crippen molar-refractivity contribution in [3.05, 3.63) is 40.8 Å². The van der Waals surface area contributed by atoms with E-state index in [4.69, 9.17) is 16.7 Å². The summed E-state index contributed by atoms with van der Waals surface area (Å²) in [7, 11) is 0. The summed E-state index contributed by atoms with van der Waals surface area (Å²) in [4.78, 5) is 9.74. The van der Waals surface area contributed by atoms with Gasteiger partial charge in [0.25, 0.3) is 0 Å². The first-order valence-electron chi connectivity index (χ1n) is 6.92. The fourth-order valence-corrected chi connectivity index (χ4v) is 3.53. The van der Waals surface area contributed by atoms with Crippen molar-refractivity contribution in [1.82, 2.24) is 9.97 Å². The first-order valence-corrected chi connectivity index (χ1v) is 8.28. The molecule has 0 aliphatic carbocycles. The van der Waals surface area contributed by atoms with E-state index >= 15 is 0 Å². The van der Waals surface area contributed by atoms with Crippen molar-refractivity contribution >= 4 is 34.9 Å². The molecule has 1 aliphatic rings. The number of thioether (sulfide) groups is 1. The van der Waals surface area contributed by atoms with Crippen LogP contribution in [0.5, 0.6) is 0 Å². The normalized spacial score (nSPS) is 13.8. The summed E-state index contributed by atoms with van der Waals surface area (Å²) in [6, 6.07) is 7.98. The molecule has 1 aromatic heterocycles. The minimum absolute atomic E-state index is 0.165. The van der Waals surface area contributed by atoms with Gasteiger partial charge in [0.05, 0.1) is 10.6 Å². The minimum atomic E-state index is 0.165. The van der Waals surface area contributed by atoms with Crippen LogP contribution in [-0.4, -0.2) is 27.4 Å². The molecule has 0 unspecified atom stereocenters. The van der Waals surface area contributed by atoms with Gasteiger partial charge in [-0.25, -0.2) is 4.98 Å². The van der Waals surface area contributed by atoms with Gasteiger partial charge in [-0.15, -0.1) is 11.8 Å². The highest BCUT2D eigenvalue weighted by Crippen LogP contribution is 2.36. The van der Waals surface area contributed by atoms with Crippen LogP contribution in [0.3, 0.4) is 0 Å². The number of fused-ring (bicyclic) bond motifs is 1. The number of nitrogens with zero attached hydrogens (tertiary/aromatic N) is 2. The molecule has 0 saturated carbocycles. The van der Waals surface area contributed by atoms with Gasteiger partial charge in [-0.2, -0.15) is 4.98 Å². The Morgan fingerprint density at radius 1 is 1.24 bits per heavy atom. The molecule has 0 fully saturated rings. The van der Waals surface area contributed by atoms with E-state index in [2.05, 4.69) is 15.3 Å². The van der Waals surface area contributed by atoms with Crippen molar-refractivity contribution in [2.24, 2.45) is 0 Å². The van der Waals surface area contributed by atoms with Gasteiger partial charge in [-0.3, -0.25) is 0 Å². The molecule has 21 heavy (non-hydrogen) atoms. The van der Waals surface area contributed by atoms with Crippen molar-refractivity contribution in [2.75, 3.05) is 17.7 Å². The summed E-state index contributed by atoms with van der Waals surface area (Å²) in [6.45, 7) is 0.165. The van der Waals surface area contributed by atoms with E-state index in [1.165, 1.54) is 0 Å². The van der Waals surface area contributed by atoms with Crippen LogP contribution in [0.4, 0.5) is 11.5 Å². The van der Waals surface area contributed by atoms with Crippen LogP contribution in [0.25, 0.3) is 0 Å². The van der Waals surface area contributed by atoms with E-state index in [0.717, 1.165) is 46.3 Å². The number of hydrogen-bond acceptors (Lipinski definition) is 5. The van der Waals surface area contributed by atoms with Gasteiger partial charge in [0.15, 0.2) is 0 Å². The number of halogens is 1. The zero-order chi connectivity index (χ0) is 14.7. The Morgan fingerprint density at radius 3 is 2.81 bits per heavy atom. The summed E-state index contributed by atoms with van der Waals surface area (Å²) < 4.78 is 0. The molecule has 0 atom stereocenters. The molecule has 2 aromatic rings. The molecule has 1 aromatic carbocycles. The third kappa shape index (κ3) is 3.48. The minimum Gasteiger partial charge on any atom is -0.396 e. The molecule has 2 N–H and O–H groups in total. The second kappa shape index (κ2) is 6.64. The Balaban J connectivity index is 1.85. The summed E-state index contributed by atoms with van der Waals surface area (Å²) in [5, 5.41) is 12.5. The van der Waals surface area contributed by atoms with Gasteiger partial charge < -0.3 is 10.4 Å². The number of benzene rings is 1. The Hall–Kier alpha value is -1.30. The predicted molar refractivity (Wildman–Crippen MR) is 86.6 cm³/mol. The highest BCUT2D eigenvalue weighted by molar-refractivity contribution is 7.99. The van der Waals surface area contributed by atoms with Crippen molar-refractivity contribution in [3.8, 4) is 0 Å². The lowest BCUT2D eigenvalue weighted by Crippen LogP contribution is -2.07. The second-order valence-corrected chi connectivity index (χ2v) is 6.31. The largest absolute Gasteiger partial charge is 0.396 e. The maximum atomic E-state index is 8.94. The van der Waals surface area contributed by atoms with Crippen LogP contribution in [0, 0.1) is 0 Å². The molecule has 1 aliphatic heterocycles. The standard InChI is InChI=1S/C15H16ClN3OS/c16-15-18-12-2-1-9-21-13(12)14(19-15)17-11-5-3-10(4-6-11)7-8-20/h3-6,20H,1-2,7-9H2,(H,17,18,19). The molecule has 6 heteroatoms. The smallest absolute Gasteiger partial charge is 0.224 e. The van der Waals surface area contributed by atoms with Crippen LogP contribution in [-0.2, 0) is 12.8 Å². The van der Waals surface area contributed by atoms with Gasteiger partial charge in [-0.1, -0.05) is 12.1 Å². The fourth-order valence-electron chi connectivity index (χ4n) is 2.31. The summed E-state index contributed by atoms with van der Waals surface area (Å²) in [6.07, 6.45) is 2.75. The number of anilines is 2. The maximum Gasteiger partial charge on any atom is 0.224 e. The number of aliphatic hydroxyl groups is 1. The first kappa shape index (κ1) is 14.6. The van der Waals surface area contributed by atoms with E-state index in [1.807, 2.05) is 24.3 Å². The van der Waals surface area contributed by atoms with E-state index in [9.17, 15) is 0 Å². The highest BCUT2D eigenvalue weighted by Gasteiger charge is 2.18. The van der Waals surface area contributed by atoms with E-state index in [1.54, 1.807) is 11.8 Å². The molecule has 2 heterocycles. The maximum absolute atomic E-state index is 8.94. The predicted octanol–water partition coefficient (Wildman–Crippen LogP) is 3.45. The van der Waals surface area contributed by atoms with Crippen LogP contribution >= 0.6 is 23.4 Å². The number of aryl methyl sites for hydroxylation is 1. The average molecular weight is 322 g/mol. The van der Waals surface area contributed by atoms with Crippen molar-refractivity contribution in [2.45, 2.75) is 24.2 Å².